The van der Waals surface area contributed by atoms with Crippen molar-refractivity contribution in [3.63, 3.8) is 0 Å². The van der Waals surface area contributed by atoms with Crippen molar-refractivity contribution in [3.8, 4) is 22.9 Å². The number of rotatable bonds is 21. The Bertz CT molecular complexity index is 1710. The highest BCUT2D eigenvalue weighted by Gasteiger charge is 2.30. The number of ether oxygens (including phenoxy) is 1. The van der Waals surface area contributed by atoms with Crippen LogP contribution in [0.2, 0.25) is 0 Å². The first-order valence-electron chi connectivity index (χ1n) is 17.9. The molecule has 2 N–H and O–H groups in total. The second kappa shape index (κ2) is 18.6. The molecule has 2 heterocycles. The number of nitrogens with one attached hydrogen (secondary N) is 2. The molecule has 0 bridgehead atoms. The molecule has 0 aliphatic heterocycles. The molecule has 1 atom stereocenters. The molecule has 10 heteroatoms. The number of fused-ring (bicyclic) bond motifs is 1. The van der Waals surface area contributed by atoms with E-state index in [1.165, 1.54) is 63.4 Å². The Kier molecular flexibility index (Phi) is 14.3. The molecule has 264 valence electrons. The zero-order chi connectivity index (χ0) is 35.2. The number of aromatic amines is 1. The molecule has 0 fully saturated rings. The second-order valence-electron chi connectivity index (χ2n) is 13.8. The maximum absolute atomic E-state index is 13.1. The number of benzene rings is 2. The standard InChI is InChI=1S/C39H53N5O4S/c1-7-9-11-13-15-17-19-29-20-25-33(34(27-29)47-26-18-16-14-12-10-8-2)48-49(46)43-31-23-21-30(22-24-31)37-41-38-35(36(45)39(3,4)5)32(40-6)28-44(38)42-37/h20-25,27-28,43H,7-19,26H2,1-5H3,(H,41,42). The monoisotopic (exact) mass is 687 g/mol. The van der Waals surface area contributed by atoms with Crippen molar-refractivity contribution in [3.05, 3.63) is 71.2 Å². The highest BCUT2D eigenvalue weighted by atomic mass is 32.2. The highest BCUT2D eigenvalue weighted by molar-refractivity contribution is 7.82. The molecule has 9 nitrogen and oxygen atoms in total. The van der Waals surface area contributed by atoms with E-state index >= 15 is 0 Å². The minimum absolute atomic E-state index is 0.135. The molecule has 2 aromatic carbocycles. The van der Waals surface area contributed by atoms with Gasteiger partial charge in [0, 0.05) is 22.9 Å². The Morgan fingerprint density at radius 1 is 0.918 bits per heavy atom. The molecule has 1 unspecified atom stereocenters. The Morgan fingerprint density at radius 3 is 2.22 bits per heavy atom. The maximum Gasteiger partial charge on any atom is 0.316 e. The molecule has 0 aliphatic rings. The summed E-state index contributed by atoms with van der Waals surface area (Å²) in [7, 11) is 0. The summed E-state index contributed by atoms with van der Waals surface area (Å²) < 4.78 is 29.7. The third-order valence-corrected chi connectivity index (χ3v) is 9.27. The summed E-state index contributed by atoms with van der Waals surface area (Å²) in [5.74, 6) is 1.49. The van der Waals surface area contributed by atoms with E-state index in [4.69, 9.17) is 15.5 Å². The van der Waals surface area contributed by atoms with Crippen molar-refractivity contribution in [1.29, 1.82) is 0 Å². The Hall–Kier alpha value is -4.10. The number of anilines is 1. The van der Waals surface area contributed by atoms with E-state index in [2.05, 4.69) is 33.5 Å². The van der Waals surface area contributed by atoms with Gasteiger partial charge in [0.25, 0.3) is 0 Å². The third kappa shape index (κ3) is 10.9. The smallest absolute Gasteiger partial charge is 0.316 e. The van der Waals surface area contributed by atoms with Gasteiger partial charge in [-0.2, -0.15) is 4.21 Å². The van der Waals surface area contributed by atoms with Crippen LogP contribution >= 0.6 is 0 Å². The summed E-state index contributed by atoms with van der Waals surface area (Å²) in [6.07, 6.45) is 17.1. The number of carbonyl (C=O) groups is 1. The topological polar surface area (TPSA) is 102 Å². The number of unbranched alkanes of at least 4 members (excludes halogenated alkanes) is 10. The van der Waals surface area contributed by atoms with Gasteiger partial charge < -0.3 is 8.92 Å². The normalized spacial score (nSPS) is 12.2. The van der Waals surface area contributed by atoms with Crippen molar-refractivity contribution in [1.82, 2.24) is 14.6 Å². The summed E-state index contributed by atoms with van der Waals surface area (Å²) >= 11 is -1.86. The van der Waals surface area contributed by atoms with Crippen LogP contribution < -0.4 is 13.6 Å². The number of Topliss-reactive ketones (excluding diaryl/α,β-unsaturated/α-hetero) is 1. The van der Waals surface area contributed by atoms with E-state index in [1.807, 2.05) is 51.1 Å². The van der Waals surface area contributed by atoms with E-state index in [9.17, 15) is 9.00 Å². The molecule has 0 saturated carbocycles. The minimum Gasteiger partial charge on any atom is -0.490 e. The number of hydrogen-bond acceptors (Lipinski definition) is 5. The molecule has 4 aromatic rings. The molecular formula is C39H53N5O4S. The summed E-state index contributed by atoms with van der Waals surface area (Å²) in [5, 5.41) is 3.17. The number of ketones is 1. The van der Waals surface area contributed by atoms with Gasteiger partial charge in [0.15, 0.2) is 28.8 Å². The van der Waals surface area contributed by atoms with Gasteiger partial charge in [0.05, 0.1) is 18.7 Å². The number of carbonyl (C=O) groups excluding carboxylic acids is 1. The molecule has 4 rings (SSSR count). The summed E-state index contributed by atoms with van der Waals surface area (Å²) in [4.78, 5) is 21.3. The summed E-state index contributed by atoms with van der Waals surface area (Å²) in [6, 6.07) is 13.2. The Morgan fingerprint density at radius 2 is 1.57 bits per heavy atom. The first-order valence-corrected chi connectivity index (χ1v) is 19.0. The quantitative estimate of drug-likeness (QED) is 0.0516. The molecule has 0 aliphatic carbocycles. The van der Waals surface area contributed by atoms with Crippen LogP contribution in [0.1, 0.15) is 128 Å². The van der Waals surface area contributed by atoms with Crippen LogP contribution in [0.15, 0.2) is 48.7 Å². The lowest BCUT2D eigenvalue weighted by molar-refractivity contribution is 0.0861. The maximum atomic E-state index is 13.1. The van der Waals surface area contributed by atoms with Gasteiger partial charge in [-0.3, -0.25) is 19.1 Å². The first kappa shape index (κ1) is 37.7. The molecular weight excluding hydrogens is 635 g/mol. The van der Waals surface area contributed by atoms with Crippen LogP contribution in [0.25, 0.3) is 21.9 Å². The average molecular weight is 688 g/mol. The predicted molar refractivity (Wildman–Crippen MR) is 200 cm³/mol. The fraction of sp³-hybridized carbons (Fsp3) is 0.513. The molecule has 0 amide bonds. The summed E-state index contributed by atoms with van der Waals surface area (Å²) in [6.45, 7) is 18.1. The SMILES string of the molecule is [C-]#[N+]c1cn2[nH]c(-c3ccc(NS(=O)Oc4ccc(CCCCCCCC)cc4OCCCCCCCC)cc3)nc2c1C(=O)C(C)(C)C. The van der Waals surface area contributed by atoms with Crippen LogP contribution in [-0.2, 0) is 17.7 Å². The van der Waals surface area contributed by atoms with Gasteiger partial charge in [0.2, 0.25) is 5.69 Å². The third-order valence-electron chi connectivity index (χ3n) is 8.54. The molecule has 2 aromatic heterocycles. The van der Waals surface area contributed by atoms with Gasteiger partial charge >= 0.3 is 11.3 Å². The molecule has 0 saturated heterocycles. The zero-order valence-electron chi connectivity index (χ0n) is 29.9. The predicted octanol–water partition coefficient (Wildman–Crippen LogP) is 10.8. The lowest BCUT2D eigenvalue weighted by atomic mass is 9.87. The van der Waals surface area contributed by atoms with Crippen molar-refractivity contribution in [2.24, 2.45) is 5.41 Å². The van der Waals surface area contributed by atoms with Crippen LogP contribution in [0.3, 0.4) is 0 Å². The molecule has 0 radical (unpaired) electrons. The molecule has 0 spiro atoms. The van der Waals surface area contributed by atoms with Crippen LogP contribution in [0.5, 0.6) is 11.5 Å². The van der Waals surface area contributed by atoms with Gasteiger partial charge in [-0.1, -0.05) is 105 Å². The van der Waals surface area contributed by atoms with E-state index in [1.54, 1.807) is 22.8 Å². The lowest BCUT2D eigenvalue weighted by Crippen LogP contribution is -2.20. The minimum atomic E-state index is -1.86. The fourth-order valence-electron chi connectivity index (χ4n) is 5.69. The fourth-order valence-corrected chi connectivity index (χ4v) is 6.36. The van der Waals surface area contributed by atoms with E-state index in [-0.39, 0.29) is 11.5 Å². The average Bonchev–Trinajstić information content (AvgIpc) is 3.64. The largest absolute Gasteiger partial charge is 0.490 e. The summed E-state index contributed by atoms with van der Waals surface area (Å²) in [5.41, 5.74) is 2.94. The first-order chi connectivity index (χ1) is 23.6. The van der Waals surface area contributed by atoms with E-state index < -0.39 is 16.7 Å². The van der Waals surface area contributed by atoms with Crippen molar-refractivity contribution < 1.29 is 17.9 Å². The van der Waals surface area contributed by atoms with Crippen LogP contribution in [0.4, 0.5) is 11.4 Å². The molecule has 49 heavy (non-hydrogen) atoms. The van der Waals surface area contributed by atoms with E-state index in [0.29, 0.717) is 40.8 Å². The number of aryl methyl sites for hydroxylation is 1. The number of nitrogens with zero attached hydrogens (tertiary/aromatic N) is 3. The van der Waals surface area contributed by atoms with Crippen molar-refractivity contribution >= 4 is 34.1 Å². The van der Waals surface area contributed by atoms with Gasteiger partial charge in [-0.25, -0.2) is 9.83 Å². The van der Waals surface area contributed by atoms with Crippen LogP contribution in [0, 0.1) is 12.0 Å². The van der Waals surface area contributed by atoms with Gasteiger partial charge in [-0.15, -0.1) is 0 Å². The Balaban J connectivity index is 1.40. The number of H-pyrrole nitrogens is 1. The van der Waals surface area contributed by atoms with Crippen molar-refractivity contribution in [2.45, 2.75) is 118 Å². The number of aromatic nitrogens is 3. The zero-order valence-corrected chi connectivity index (χ0v) is 30.7. The van der Waals surface area contributed by atoms with Crippen LogP contribution in [-0.4, -0.2) is 31.2 Å². The van der Waals surface area contributed by atoms with Gasteiger partial charge in [0.1, 0.15) is 0 Å². The lowest BCUT2D eigenvalue weighted by Gasteiger charge is -2.15. The number of hydrogen-bond donors (Lipinski definition) is 2. The Labute approximate surface area is 294 Å². The highest BCUT2D eigenvalue weighted by Crippen LogP contribution is 2.34. The second-order valence-corrected chi connectivity index (χ2v) is 14.6. The van der Waals surface area contributed by atoms with Gasteiger partial charge in [-0.05, 0) is 61.2 Å². The van der Waals surface area contributed by atoms with E-state index in [0.717, 1.165) is 31.2 Å². The van der Waals surface area contributed by atoms with Crippen molar-refractivity contribution in [2.75, 3.05) is 11.3 Å².